The van der Waals surface area contributed by atoms with Crippen molar-refractivity contribution in [2.45, 2.75) is 6.54 Å². The maximum Gasteiger partial charge on any atom is 0.177 e. The number of para-hydroxylation sites is 1. The number of anilines is 2. The van der Waals surface area contributed by atoms with E-state index in [1.807, 2.05) is 28.8 Å². The van der Waals surface area contributed by atoms with E-state index in [0.717, 1.165) is 11.3 Å². The molecule has 1 aromatic carbocycles. The number of aromatic hydroxyl groups is 1. The lowest BCUT2D eigenvalue weighted by Crippen LogP contribution is -2.12. The Morgan fingerprint density at radius 1 is 1.16 bits per heavy atom. The Bertz CT molecular complexity index is 990. The number of hydrogen-bond acceptors (Lipinski definition) is 6. The average Bonchev–Trinajstić information content (AvgIpc) is 3.25. The SMILES string of the molecule is Nc1ccc(NCCn2c(-c3ccco3)nc3cccc(O)c32)nc1. The van der Waals surface area contributed by atoms with Crippen LogP contribution in [0.4, 0.5) is 11.5 Å². The smallest absolute Gasteiger partial charge is 0.177 e. The number of phenolic OH excluding ortho intramolecular Hbond substituents is 1. The van der Waals surface area contributed by atoms with Crippen molar-refractivity contribution in [1.82, 2.24) is 14.5 Å². The van der Waals surface area contributed by atoms with E-state index in [1.54, 1.807) is 30.7 Å². The summed E-state index contributed by atoms with van der Waals surface area (Å²) in [5, 5.41) is 13.5. The van der Waals surface area contributed by atoms with Crippen molar-refractivity contribution in [1.29, 1.82) is 0 Å². The van der Waals surface area contributed by atoms with Crippen molar-refractivity contribution in [3.8, 4) is 17.3 Å². The number of nitrogen functional groups attached to an aromatic ring is 1. The number of aromatic nitrogens is 3. The van der Waals surface area contributed by atoms with Crippen LogP contribution in [0.2, 0.25) is 0 Å². The van der Waals surface area contributed by atoms with Gasteiger partial charge in [0.15, 0.2) is 11.6 Å². The summed E-state index contributed by atoms with van der Waals surface area (Å²) in [7, 11) is 0. The summed E-state index contributed by atoms with van der Waals surface area (Å²) in [6, 6.07) is 12.6. The first-order valence-electron chi connectivity index (χ1n) is 7.90. The minimum absolute atomic E-state index is 0.188. The summed E-state index contributed by atoms with van der Waals surface area (Å²) in [5.41, 5.74) is 7.67. The summed E-state index contributed by atoms with van der Waals surface area (Å²) >= 11 is 0. The number of nitrogens with zero attached hydrogens (tertiary/aromatic N) is 3. The van der Waals surface area contributed by atoms with Gasteiger partial charge in [-0.15, -0.1) is 0 Å². The number of nitrogens with one attached hydrogen (secondary N) is 1. The van der Waals surface area contributed by atoms with Crippen LogP contribution in [0.1, 0.15) is 0 Å². The molecule has 126 valence electrons. The van der Waals surface area contributed by atoms with Crippen LogP contribution >= 0.6 is 0 Å². The van der Waals surface area contributed by atoms with Crippen LogP contribution < -0.4 is 11.1 Å². The molecule has 0 amide bonds. The van der Waals surface area contributed by atoms with Crippen LogP contribution in [0.5, 0.6) is 5.75 Å². The van der Waals surface area contributed by atoms with Gasteiger partial charge < -0.3 is 25.1 Å². The second-order valence-corrected chi connectivity index (χ2v) is 5.61. The van der Waals surface area contributed by atoms with Gasteiger partial charge >= 0.3 is 0 Å². The maximum atomic E-state index is 10.3. The van der Waals surface area contributed by atoms with Gasteiger partial charge in [0.2, 0.25) is 0 Å². The van der Waals surface area contributed by atoms with Gasteiger partial charge in [-0.2, -0.15) is 0 Å². The zero-order valence-electron chi connectivity index (χ0n) is 13.4. The lowest BCUT2D eigenvalue weighted by Gasteiger charge is -2.10. The Kier molecular flexibility index (Phi) is 3.74. The van der Waals surface area contributed by atoms with E-state index in [2.05, 4.69) is 15.3 Å². The Balaban J connectivity index is 1.65. The monoisotopic (exact) mass is 335 g/mol. The Morgan fingerprint density at radius 2 is 2.08 bits per heavy atom. The fourth-order valence-corrected chi connectivity index (χ4v) is 2.78. The fraction of sp³-hybridized carbons (Fsp3) is 0.111. The highest BCUT2D eigenvalue weighted by molar-refractivity contribution is 5.85. The molecule has 0 saturated heterocycles. The molecular weight excluding hydrogens is 318 g/mol. The molecule has 4 rings (SSSR count). The van der Waals surface area contributed by atoms with Gasteiger partial charge in [0.05, 0.1) is 23.7 Å². The maximum absolute atomic E-state index is 10.3. The molecule has 3 aromatic heterocycles. The molecule has 0 aliphatic rings. The van der Waals surface area contributed by atoms with E-state index in [-0.39, 0.29) is 5.75 Å². The second kappa shape index (κ2) is 6.20. The minimum atomic E-state index is 0.188. The predicted molar refractivity (Wildman–Crippen MR) is 96.2 cm³/mol. The van der Waals surface area contributed by atoms with Crippen molar-refractivity contribution < 1.29 is 9.52 Å². The van der Waals surface area contributed by atoms with Crippen molar-refractivity contribution in [2.24, 2.45) is 0 Å². The molecule has 0 radical (unpaired) electrons. The molecule has 25 heavy (non-hydrogen) atoms. The van der Waals surface area contributed by atoms with Crippen LogP contribution in [-0.4, -0.2) is 26.2 Å². The molecule has 0 aliphatic heterocycles. The summed E-state index contributed by atoms with van der Waals surface area (Å²) in [4.78, 5) is 8.82. The van der Waals surface area contributed by atoms with E-state index >= 15 is 0 Å². The number of furan rings is 1. The molecule has 7 nitrogen and oxygen atoms in total. The van der Waals surface area contributed by atoms with E-state index < -0.39 is 0 Å². The predicted octanol–water partition coefficient (Wildman–Crippen LogP) is 3.09. The van der Waals surface area contributed by atoms with E-state index in [4.69, 9.17) is 10.2 Å². The highest BCUT2D eigenvalue weighted by Crippen LogP contribution is 2.30. The third-order valence-corrected chi connectivity index (χ3v) is 3.91. The lowest BCUT2D eigenvalue weighted by molar-refractivity contribution is 0.477. The van der Waals surface area contributed by atoms with Crippen LogP contribution in [0, 0.1) is 0 Å². The van der Waals surface area contributed by atoms with Crippen LogP contribution in [0.15, 0.2) is 59.3 Å². The van der Waals surface area contributed by atoms with Gasteiger partial charge in [0.25, 0.3) is 0 Å². The highest BCUT2D eigenvalue weighted by Gasteiger charge is 2.16. The third kappa shape index (κ3) is 2.87. The Morgan fingerprint density at radius 3 is 2.84 bits per heavy atom. The zero-order chi connectivity index (χ0) is 17.2. The topological polar surface area (TPSA) is 102 Å². The number of hydrogen-bond donors (Lipinski definition) is 3. The molecule has 0 atom stereocenters. The molecule has 0 aliphatic carbocycles. The molecule has 0 saturated carbocycles. The largest absolute Gasteiger partial charge is 0.506 e. The quantitative estimate of drug-likeness (QED) is 0.518. The van der Waals surface area contributed by atoms with Gasteiger partial charge in [-0.3, -0.25) is 0 Å². The number of fused-ring (bicyclic) bond motifs is 1. The van der Waals surface area contributed by atoms with Crippen LogP contribution in [0.25, 0.3) is 22.6 Å². The molecule has 0 bridgehead atoms. The van der Waals surface area contributed by atoms with Crippen molar-refractivity contribution in [2.75, 3.05) is 17.6 Å². The van der Waals surface area contributed by atoms with Crippen LogP contribution in [0.3, 0.4) is 0 Å². The molecule has 0 unspecified atom stereocenters. The Hall–Kier alpha value is -3.48. The van der Waals surface area contributed by atoms with E-state index in [0.29, 0.717) is 35.9 Å². The number of imidazole rings is 1. The van der Waals surface area contributed by atoms with E-state index in [9.17, 15) is 5.11 Å². The number of rotatable bonds is 5. The first-order valence-corrected chi connectivity index (χ1v) is 7.90. The molecule has 0 fully saturated rings. The normalized spacial score (nSPS) is 11.0. The number of nitrogens with two attached hydrogens (primary N) is 1. The second-order valence-electron chi connectivity index (χ2n) is 5.61. The molecule has 3 heterocycles. The standard InChI is InChI=1S/C18H17N5O2/c19-12-6-7-16(21-11-12)20-8-9-23-17-13(3-1-4-14(17)24)22-18(23)15-5-2-10-25-15/h1-7,10-11,24H,8-9,19H2,(H,20,21). The van der Waals surface area contributed by atoms with Crippen molar-refractivity contribution in [3.05, 3.63) is 54.9 Å². The number of phenols is 1. The van der Waals surface area contributed by atoms with Gasteiger partial charge in [0.1, 0.15) is 17.1 Å². The molecular formula is C18H17N5O2. The first-order chi connectivity index (χ1) is 12.2. The lowest BCUT2D eigenvalue weighted by atomic mass is 10.3. The third-order valence-electron chi connectivity index (χ3n) is 3.91. The summed E-state index contributed by atoms with van der Waals surface area (Å²) in [6.45, 7) is 1.18. The van der Waals surface area contributed by atoms with Gasteiger partial charge in [-0.25, -0.2) is 9.97 Å². The molecule has 4 aromatic rings. The Labute approximate surface area is 143 Å². The highest BCUT2D eigenvalue weighted by atomic mass is 16.3. The average molecular weight is 335 g/mol. The summed E-state index contributed by atoms with van der Waals surface area (Å²) in [5.74, 6) is 2.26. The van der Waals surface area contributed by atoms with E-state index in [1.165, 1.54) is 0 Å². The minimum Gasteiger partial charge on any atom is -0.506 e. The summed E-state index contributed by atoms with van der Waals surface area (Å²) < 4.78 is 7.43. The van der Waals surface area contributed by atoms with Crippen LogP contribution in [-0.2, 0) is 6.54 Å². The zero-order valence-corrected chi connectivity index (χ0v) is 13.4. The van der Waals surface area contributed by atoms with Gasteiger partial charge in [0, 0.05) is 13.1 Å². The van der Waals surface area contributed by atoms with Crippen molar-refractivity contribution >= 4 is 22.5 Å². The van der Waals surface area contributed by atoms with Gasteiger partial charge in [-0.05, 0) is 36.4 Å². The van der Waals surface area contributed by atoms with Crippen molar-refractivity contribution in [3.63, 3.8) is 0 Å². The number of benzene rings is 1. The molecule has 7 heteroatoms. The molecule has 0 spiro atoms. The summed E-state index contributed by atoms with van der Waals surface area (Å²) in [6.07, 6.45) is 3.21. The van der Waals surface area contributed by atoms with Gasteiger partial charge in [-0.1, -0.05) is 6.07 Å². The number of pyridine rings is 1. The first kappa shape index (κ1) is 15.1. The molecule has 4 N–H and O–H groups in total. The fourth-order valence-electron chi connectivity index (χ4n) is 2.78.